The fourth-order valence-electron chi connectivity index (χ4n) is 5.00. The summed E-state index contributed by atoms with van der Waals surface area (Å²) in [4.78, 5) is 4.75. The first-order valence-corrected chi connectivity index (χ1v) is 13.2. The number of hydrogen-bond acceptors (Lipinski definition) is 6. The van der Waals surface area contributed by atoms with Crippen LogP contribution in [-0.2, 0) is 19.7 Å². The Morgan fingerprint density at radius 1 is 0.949 bits per heavy atom. The largest absolute Gasteiger partial charge is 0.487 e. The summed E-state index contributed by atoms with van der Waals surface area (Å²) in [6, 6.07) is 24.8. The lowest BCUT2D eigenvalue weighted by atomic mass is 9.96. The van der Waals surface area contributed by atoms with E-state index in [4.69, 9.17) is 24.9 Å². The summed E-state index contributed by atoms with van der Waals surface area (Å²) in [5.74, 6) is 3.27. The number of fused-ring (bicyclic) bond motifs is 2. The predicted molar refractivity (Wildman–Crippen MR) is 154 cm³/mol. The van der Waals surface area contributed by atoms with Gasteiger partial charge in [0.1, 0.15) is 37.0 Å². The number of imidazole rings is 1. The topological polar surface area (TPSA) is 83.0 Å². The molecule has 1 aliphatic heterocycles. The van der Waals surface area contributed by atoms with Crippen molar-refractivity contribution in [3.05, 3.63) is 107 Å². The summed E-state index contributed by atoms with van der Waals surface area (Å²) in [5, 5.41) is 3.53. The van der Waals surface area contributed by atoms with Crippen molar-refractivity contribution in [2.45, 2.75) is 33.5 Å². The molecule has 0 saturated heterocycles. The minimum Gasteiger partial charge on any atom is -0.487 e. The number of ether oxygens (including phenoxy) is 3. The number of benzene rings is 3. The third kappa shape index (κ3) is 5.01. The maximum absolute atomic E-state index is 6.40. The average molecular weight is 521 g/mol. The van der Waals surface area contributed by atoms with Crippen LogP contribution in [0.25, 0.3) is 16.8 Å². The zero-order valence-corrected chi connectivity index (χ0v) is 22.2. The van der Waals surface area contributed by atoms with Crippen molar-refractivity contribution in [1.82, 2.24) is 9.38 Å². The Labute approximate surface area is 228 Å². The van der Waals surface area contributed by atoms with E-state index in [0.717, 1.165) is 56.7 Å². The second kappa shape index (κ2) is 10.7. The number of rotatable bonds is 8. The molecule has 3 aromatic carbocycles. The molecule has 0 aliphatic carbocycles. The highest BCUT2D eigenvalue weighted by atomic mass is 16.6. The second-order valence-corrected chi connectivity index (χ2v) is 9.74. The molecule has 3 heterocycles. The lowest BCUT2D eigenvalue weighted by molar-refractivity contribution is 0.171. The van der Waals surface area contributed by atoms with Crippen LogP contribution < -0.4 is 25.3 Å². The molecule has 7 nitrogen and oxygen atoms in total. The van der Waals surface area contributed by atoms with Crippen molar-refractivity contribution in [2.24, 2.45) is 5.73 Å². The smallest absolute Gasteiger partial charge is 0.161 e. The van der Waals surface area contributed by atoms with E-state index in [0.29, 0.717) is 32.9 Å². The number of anilines is 1. The molecular formula is C32H32N4O3. The molecule has 198 valence electrons. The van der Waals surface area contributed by atoms with Gasteiger partial charge in [-0.05, 0) is 65.4 Å². The van der Waals surface area contributed by atoms with Crippen LogP contribution in [0.15, 0.2) is 79.0 Å². The zero-order chi connectivity index (χ0) is 26.8. The summed E-state index contributed by atoms with van der Waals surface area (Å²) in [6.45, 7) is 6.80. The average Bonchev–Trinajstić information content (AvgIpc) is 3.31. The van der Waals surface area contributed by atoms with E-state index >= 15 is 0 Å². The molecule has 0 spiro atoms. The molecule has 2 aromatic heterocycles. The number of hydrogen-bond donors (Lipinski definition) is 2. The van der Waals surface area contributed by atoms with Crippen LogP contribution in [0.2, 0.25) is 0 Å². The quantitative estimate of drug-likeness (QED) is 0.260. The highest BCUT2D eigenvalue weighted by Gasteiger charge is 2.16. The molecule has 39 heavy (non-hydrogen) atoms. The highest BCUT2D eigenvalue weighted by Crippen LogP contribution is 2.36. The van der Waals surface area contributed by atoms with Gasteiger partial charge in [0.2, 0.25) is 0 Å². The lowest BCUT2D eigenvalue weighted by Gasteiger charge is -2.20. The van der Waals surface area contributed by atoms with Gasteiger partial charge in [0.25, 0.3) is 0 Å². The first-order valence-electron chi connectivity index (χ1n) is 13.2. The Bertz CT molecular complexity index is 1630. The van der Waals surface area contributed by atoms with Gasteiger partial charge in [-0.15, -0.1) is 0 Å². The number of nitrogens with zero attached hydrogens (tertiary/aromatic N) is 2. The van der Waals surface area contributed by atoms with E-state index in [1.165, 1.54) is 11.1 Å². The van der Waals surface area contributed by atoms with Crippen LogP contribution in [0.3, 0.4) is 0 Å². The van der Waals surface area contributed by atoms with Crippen LogP contribution in [0.5, 0.6) is 17.2 Å². The summed E-state index contributed by atoms with van der Waals surface area (Å²) in [7, 11) is 0. The second-order valence-electron chi connectivity index (χ2n) is 9.74. The molecule has 0 unspecified atom stereocenters. The zero-order valence-electron chi connectivity index (χ0n) is 22.2. The molecule has 0 atom stereocenters. The van der Waals surface area contributed by atoms with Gasteiger partial charge in [-0.1, -0.05) is 54.6 Å². The van der Waals surface area contributed by atoms with Crippen LogP contribution in [0.4, 0.5) is 5.82 Å². The monoisotopic (exact) mass is 520 g/mol. The lowest BCUT2D eigenvalue weighted by Crippen LogP contribution is -2.15. The number of nitrogens with two attached hydrogens (primary N) is 1. The number of nitrogens with one attached hydrogen (secondary N) is 1. The van der Waals surface area contributed by atoms with Gasteiger partial charge >= 0.3 is 0 Å². The van der Waals surface area contributed by atoms with E-state index in [1.54, 1.807) is 0 Å². The van der Waals surface area contributed by atoms with Gasteiger partial charge in [-0.25, -0.2) is 4.98 Å². The summed E-state index contributed by atoms with van der Waals surface area (Å²) in [5.41, 5.74) is 14.5. The van der Waals surface area contributed by atoms with Gasteiger partial charge in [0.15, 0.2) is 11.5 Å². The van der Waals surface area contributed by atoms with Gasteiger partial charge in [0.05, 0.1) is 11.9 Å². The molecule has 3 N–H and O–H groups in total. The van der Waals surface area contributed by atoms with Crippen molar-refractivity contribution >= 4 is 11.5 Å². The molecule has 0 amide bonds. The fourth-order valence-corrected chi connectivity index (χ4v) is 5.00. The Morgan fingerprint density at radius 3 is 2.59 bits per heavy atom. The summed E-state index contributed by atoms with van der Waals surface area (Å²) >= 11 is 0. The summed E-state index contributed by atoms with van der Waals surface area (Å²) in [6.07, 6.45) is 2.00. The van der Waals surface area contributed by atoms with Crippen LogP contribution in [0.1, 0.15) is 27.9 Å². The normalized spacial score (nSPS) is 12.5. The van der Waals surface area contributed by atoms with Gasteiger partial charge in [-0.3, -0.25) is 4.40 Å². The Hall–Kier alpha value is -4.49. The van der Waals surface area contributed by atoms with E-state index in [2.05, 4.69) is 54.7 Å². The minimum absolute atomic E-state index is 0.347. The fraction of sp³-hybridized carbons (Fsp3) is 0.219. The highest BCUT2D eigenvalue weighted by molar-refractivity contribution is 5.71. The van der Waals surface area contributed by atoms with E-state index < -0.39 is 0 Å². The molecule has 6 rings (SSSR count). The molecule has 7 heteroatoms. The van der Waals surface area contributed by atoms with Crippen LogP contribution in [-0.4, -0.2) is 22.6 Å². The van der Waals surface area contributed by atoms with Crippen LogP contribution >= 0.6 is 0 Å². The predicted octanol–water partition coefficient (Wildman–Crippen LogP) is 6.04. The molecule has 0 saturated carbocycles. The Kier molecular flexibility index (Phi) is 6.82. The van der Waals surface area contributed by atoms with Crippen molar-refractivity contribution in [3.63, 3.8) is 0 Å². The standard InChI is InChI=1S/C32H32N4O3/c1-21-15-31-35-27(17-33)32(34-18-23-7-4-3-5-8-23)36(31)19-30(21)39-20-25-9-6-10-26(22(25)2)24-11-12-28-29(16-24)38-14-13-37-28/h3-12,15-16,19,34H,13-14,17-18,20,33H2,1-2H3. The Morgan fingerprint density at radius 2 is 1.77 bits per heavy atom. The van der Waals surface area contributed by atoms with E-state index in [1.807, 2.05) is 47.9 Å². The Balaban J connectivity index is 1.25. The molecule has 1 aliphatic rings. The van der Waals surface area contributed by atoms with Crippen molar-refractivity contribution < 1.29 is 14.2 Å². The number of aryl methyl sites for hydroxylation is 1. The molecule has 0 radical (unpaired) electrons. The van der Waals surface area contributed by atoms with Gasteiger partial charge < -0.3 is 25.3 Å². The van der Waals surface area contributed by atoms with Crippen molar-refractivity contribution in [1.29, 1.82) is 0 Å². The number of pyridine rings is 1. The molecule has 0 fully saturated rings. The molecule has 5 aromatic rings. The maximum atomic E-state index is 6.40. The minimum atomic E-state index is 0.347. The van der Waals surface area contributed by atoms with E-state index in [-0.39, 0.29) is 0 Å². The first kappa shape index (κ1) is 24.8. The molecule has 0 bridgehead atoms. The van der Waals surface area contributed by atoms with Gasteiger partial charge in [0, 0.05) is 13.1 Å². The van der Waals surface area contributed by atoms with Crippen molar-refractivity contribution in [2.75, 3.05) is 18.5 Å². The van der Waals surface area contributed by atoms with Crippen LogP contribution in [0, 0.1) is 13.8 Å². The van der Waals surface area contributed by atoms with Crippen molar-refractivity contribution in [3.8, 4) is 28.4 Å². The van der Waals surface area contributed by atoms with E-state index in [9.17, 15) is 0 Å². The van der Waals surface area contributed by atoms with Gasteiger partial charge in [-0.2, -0.15) is 0 Å². The SMILES string of the molecule is Cc1cc2nc(CN)c(NCc3ccccc3)n2cc1OCc1cccc(-c2ccc3c(c2)OCCO3)c1C. The molecular weight excluding hydrogens is 488 g/mol. The first-order chi connectivity index (χ1) is 19.1. The summed E-state index contributed by atoms with van der Waals surface area (Å²) < 4.78 is 19.9. The third-order valence-electron chi connectivity index (χ3n) is 7.17. The maximum Gasteiger partial charge on any atom is 0.161 e. The third-order valence-corrected chi connectivity index (χ3v) is 7.17. The number of aromatic nitrogens is 2.